The second kappa shape index (κ2) is 8.39. The van der Waals surface area contributed by atoms with E-state index >= 15 is 0 Å². The molecule has 5 heteroatoms. The first-order chi connectivity index (χ1) is 12.6. The average molecular weight is 356 g/mol. The zero-order valence-electron chi connectivity index (χ0n) is 15.6. The van der Waals surface area contributed by atoms with Crippen molar-refractivity contribution in [2.45, 2.75) is 20.3 Å². The van der Waals surface area contributed by atoms with Gasteiger partial charge in [-0.15, -0.1) is 0 Å². The predicted octanol–water partition coefficient (Wildman–Crippen LogP) is 2.87. The van der Waals surface area contributed by atoms with Crippen LogP contribution in [0, 0.1) is 23.7 Å². The Bertz CT molecular complexity index is 658. The second-order valence-electron chi connectivity index (χ2n) is 7.22. The minimum atomic E-state index is -0.160. The summed E-state index contributed by atoms with van der Waals surface area (Å²) in [5.74, 6) is 0.239. The summed E-state index contributed by atoms with van der Waals surface area (Å²) in [6.07, 6.45) is 5.08. The van der Waals surface area contributed by atoms with E-state index in [9.17, 15) is 9.59 Å². The van der Waals surface area contributed by atoms with Crippen LogP contribution < -0.4 is 5.32 Å². The molecule has 1 saturated heterocycles. The van der Waals surface area contributed by atoms with E-state index < -0.39 is 0 Å². The van der Waals surface area contributed by atoms with Gasteiger partial charge in [-0.3, -0.25) is 4.79 Å². The molecule has 1 heterocycles. The maximum atomic E-state index is 12.5. The van der Waals surface area contributed by atoms with E-state index in [2.05, 4.69) is 36.5 Å². The van der Waals surface area contributed by atoms with Gasteiger partial charge in [-0.25, -0.2) is 4.79 Å². The highest BCUT2D eigenvalue weighted by atomic mass is 16.5. The van der Waals surface area contributed by atoms with E-state index in [0.717, 1.165) is 6.42 Å². The van der Waals surface area contributed by atoms with Crippen molar-refractivity contribution in [3.8, 4) is 0 Å². The largest absolute Gasteiger partial charge is 0.466 e. The second-order valence-corrected chi connectivity index (χ2v) is 7.22. The summed E-state index contributed by atoms with van der Waals surface area (Å²) in [6.45, 7) is 6.17. The Kier molecular flexibility index (Phi) is 5.96. The minimum absolute atomic E-state index is 0.0426. The first-order valence-electron chi connectivity index (χ1n) is 9.51. The van der Waals surface area contributed by atoms with Crippen LogP contribution in [-0.4, -0.2) is 43.1 Å². The molecule has 1 aliphatic carbocycles. The van der Waals surface area contributed by atoms with Crippen molar-refractivity contribution in [1.82, 2.24) is 10.2 Å². The maximum Gasteiger partial charge on any atom is 0.317 e. The summed E-state index contributed by atoms with van der Waals surface area (Å²) >= 11 is 0. The molecule has 1 aliphatic heterocycles. The lowest BCUT2D eigenvalue weighted by Crippen LogP contribution is -2.40. The van der Waals surface area contributed by atoms with Crippen LogP contribution >= 0.6 is 0 Å². The molecule has 1 fully saturated rings. The molecule has 1 aromatic carbocycles. The highest BCUT2D eigenvalue weighted by molar-refractivity contribution is 5.76. The molecule has 3 rings (SSSR count). The number of hydrogen-bond acceptors (Lipinski definition) is 3. The minimum Gasteiger partial charge on any atom is -0.466 e. The predicted molar refractivity (Wildman–Crippen MR) is 101 cm³/mol. The lowest BCUT2D eigenvalue weighted by molar-refractivity contribution is -0.152. The van der Waals surface area contributed by atoms with Gasteiger partial charge in [0.2, 0.25) is 0 Å². The van der Waals surface area contributed by atoms with E-state index in [1.807, 2.05) is 30.0 Å². The normalized spacial score (nSPS) is 27.1. The van der Waals surface area contributed by atoms with Crippen molar-refractivity contribution in [2.75, 3.05) is 26.2 Å². The number of nitrogens with one attached hydrogen (secondary N) is 1. The van der Waals surface area contributed by atoms with Crippen LogP contribution in [0.2, 0.25) is 0 Å². The number of fused-ring (bicyclic) bond motifs is 1. The molecular weight excluding hydrogens is 328 g/mol. The molecule has 0 bridgehead atoms. The molecule has 5 nitrogen and oxygen atoms in total. The van der Waals surface area contributed by atoms with Crippen molar-refractivity contribution in [2.24, 2.45) is 23.7 Å². The molecular formula is C21H28N2O3. The number of likely N-dealkylation sites (tertiary alicyclic amines) is 1. The number of nitrogens with zero attached hydrogens (tertiary/aromatic N) is 1. The number of carbonyl (C=O) groups is 2. The van der Waals surface area contributed by atoms with Crippen LogP contribution in [0.3, 0.4) is 0 Å². The fourth-order valence-corrected chi connectivity index (χ4v) is 4.13. The van der Waals surface area contributed by atoms with Crippen LogP contribution in [0.4, 0.5) is 4.79 Å². The van der Waals surface area contributed by atoms with Gasteiger partial charge in [-0.1, -0.05) is 49.4 Å². The van der Waals surface area contributed by atoms with Crippen molar-refractivity contribution in [1.29, 1.82) is 0 Å². The Hall–Kier alpha value is -2.30. The number of esters is 1. The molecule has 0 unspecified atom stereocenters. The average Bonchev–Trinajstić information content (AvgIpc) is 3.06. The van der Waals surface area contributed by atoms with Gasteiger partial charge in [-0.2, -0.15) is 0 Å². The fourth-order valence-electron chi connectivity index (χ4n) is 4.13. The molecule has 2 amide bonds. The first kappa shape index (κ1) is 18.5. The topological polar surface area (TPSA) is 58.6 Å². The van der Waals surface area contributed by atoms with E-state index in [-0.39, 0.29) is 35.7 Å². The molecule has 26 heavy (non-hydrogen) atoms. The van der Waals surface area contributed by atoms with Gasteiger partial charge in [0.05, 0.1) is 12.5 Å². The number of benzene rings is 1. The van der Waals surface area contributed by atoms with Crippen LogP contribution in [-0.2, 0) is 16.0 Å². The van der Waals surface area contributed by atoms with Crippen LogP contribution in [0.25, 0.3) is 0 Å². The van der Waals surface area contributed by atoms with Gasteiger partial charge in [0.1, 0.15) is 0 Å². The number of allylic oxidation sites excluding steroid dienone is 1. The van der Waals surface area contributed by atoms with Crippen molar-refractivity contribution in [3.63, 3.8) is 0 Å². The zero-order chi connectivity index (χ0) is 18.5. The highest BCUT2D eigenvalue weighted by Gasteiger charge is 2.45. The summed E-state index contributed by atoms with van der Waals surface area (Å²) in [5, 5.41) is 3.01. The molecule has 1 N–H and O–H groups in total. The lowest BCUT2D eigenvalue weighted by atomic mass is 9.72. The van der Waals surface area contributed by atoms with Crippen LogP contribution in [0.1, 0.15) is 19.4 Å². The monoisotopic (exact) mass is 356 g/mol. The van der Waals surface area contributed by atoms with Crippen molar-refractivity contribution >= 4 is 12.0 Å². The maximum absolute atomic E-state index is 12.5. The zero-order valence-corrected chi connectivity index (χ0v) is 15.6. The van der Waals surface area contributed by atoms with Gasteiger partial charge in [0.15, 0.2) is 0 Å². The lowest BCUT2D eigenvalue weighted by Gasteiger charge is -2.31. The van der Waals surface area contributed by atoms with E-state index in [1.54, 1.807) is 0 Å². The first-order valence-corrected chi connectivity index (χ1v) is 9.51. The van der Waals surface area contributed by atoms with E-state index in [4.69, 9.17) is 4.74 Å². The van der Waals surface area contributed by atoms with Gasteiger partial charge >= 0.3 is 12.0 Å². The summed E-state index contributed by atoms with van der Waals surface area (Å²) in [7, 11) is 0. The molecule has 0 saturated carbocycles. The highest BCUT2D eigenvalue weighted by Crippen LogP contribution is 2.39. The Balaban J connectivity index is 1.55. The fraction of sp³-hybridized carbons (Fsp3) is 0.524. The number of amides is 2. The molecule has 4 atom stereocenters. The third kappa shape index (κ3) is 4.09. The van der Waals surface area contributed by atoms with Gasteiger partial charge in [0.25, 0.3) is 0 Å². The van der Waals surface area contributed by atoms with Crippen molar-refractivity contribution < 1.29 is 14.3 Å². The number of carbonyl (C=O) groups excluding carboxylic acids is 2. The Morgan fingerprint density at radius 2 is 1.96 bits per heavy atom. The van der Waals surface area contributed by atoms with Gasteiger partial charge in [-0.05, 0) is 36.7 Å². The molecule has 140 valence electrons. The van der Waals surface area contributed by atoms with Crippen molar-refractivity contribution in [3.05, 3.63) is 48.0 Å². The smallest absolute Gasteiger partial charge is 0.317 e. The Morgan fingerprint density at radius 1 is 1.19 bits per heavy atom. The summed E-state index contributed by atoms with van der Waals surface area (Å²) in [4.78, 5) is 26.8. The number of hydrogen-bond donors (Lipinski definition) is 1. The number of rotatable bonds is 5. The third-order valence-corrected chi connectivity index (χ3v) is 5.48. The summed E-state index contributed by atoms with van der Waals surface area (Å²) < 4.78 is 5.28. The summed E-state index contributed by atoms with van der Waals surface area (Å²) in [6, 6.07) is 10.1. The van der Waals surface area contributed by atoms with Gasteiger partial charge in [0, 0.05) is 19.6 Å². The Morgan fingerprint density at radius 3 is 2.69 bits per heavy atom. The molecule has 0 spiro atoms. The third-order valence-electron chi connectivity index (χ3n) is 5.48. The Labute approximate surface area is 155 Å². The van der Waals surface area contributed by atoms with E-state index in [1.165, 1.54) is 5.56 Å². The number of urea groups is 1. The van der Waals surface area contributed by atoms with Crippen LogP contribution in [0.5, 0.6) is 0 Å². The summed E-state index contributed by atoms with van der Waals surface area (Å²) in [5.41, 5.74) is 1.21. The molecule has 0 aromatic heterocycles. The van der Waals surface area contributed by atoms with Gasteiger partial charge < -0.3 is 15.0 Å². The molecule has 2 aliphatic rings. The van der Waals surface area contributed by atoms with Crippen LogP contribution in [0.15, 0.2) is 42.5 Å². The number of ether oxygens (including phenoxy) is 1. The standard InChI is InChI=1S/C21H28N2O3/c1-3-26-20(24)19-15(2)9-10-17-13-23(14-18(17)19)21(25)22-12-11-16-7-5-4-6-8-16/h4-10,15,17-19H,3,11-14H2,1-2H3,(H,22,25)/t15-,17-,18-,19-/m0/s1. The van der Waals surface area contributed by atoms with E-state index in [0.29, 0.717) is 26.2 Å². The molecule has 1 aromatic rings. The quantitative estimate of drug-likeness (QED) is 0.652. The SMILES string of the molecule is CCOC(=O)[C@@H]1[C@H]2CN(C(=O)NCCc3ccccc3)C[C@@H]2C=C[C@@H]1C. The molecule has 0 radical (unpaired) electrons.